The van der Waals surface area contributed by atoms with Gasteiger partial charge in [-0.1, -0.05) is 49.4 Å². The van der Waals surface area contributed by atoms with Crippen molar-refractivity contribution in [3.63, 3.8) is 0 Å². The maximum Gasteiger partial charge on any atom is 0.338 e. The summed E-state index contributed by atoms with van der Waals surface area (Å²) in [5, 5.41) is 8.99. The predicted octanol–water partition coefficient (Wildman–Crippen LogP) is 5.15. The van der Waals surface area contributed by atoms with Crippen LogP contribution in [0.2, 0.25) is 0 Å². The van der Waals surface area contributed by atoms with Gasteiger partial charge in [-0.2, -0.15) is 0 Å². The molecule has 1 N–H and O–H groups in total. The Bertz CT molecular complexity index is 1010. The summed E-state index contributed by atoms with van der Waals surface area (Å²) in [5.74, 6) is -0.176. The van der Waals surface area contributed by atoms with E-state index in [1.165, 1.54) is 0 Å². The minimum atomic E-state index is -0.798. The van der Waals surface area contributed by atoms with Crippen LogP contribution in [0.3, 0.4) is 0 Å². The Kier molecular flexibility index (Phi) is 8.88. The average molecular weight is 449 g/mol. The topological polar surface area (TPSA) is 82.1 Å². The van der Waals surface area contributed by atoms with Crippen molar-refractivity contribution in [3.05, 3.63) is 95.6 Å². The molecule has 3 aromatic carbocycles. The Balaban J connectivity index is 1.33. The summed E-state index contributed by atoms with van der Waals surface area (Å²) in [6, 6.07) is 23.9. The monoisotopic (exact) mass is 448 g/mol. The standard InChI is InChI=1S/C27H28O6/c1-20(26(28)29)18-21-8-12-24(13-9-21)31-16-5-17-32-25-14-10-23(11-15-25)27(30)33-19-22-6-3-2-4-7-22/h2-4,6-15,20H,5,16-19H2,1H3,(H,28,29). The van der Waals surface area contributed by atoms with Crippen LogP contribution in [0.4, 0.5) is 0 Å². The minimum Gasteiger partial charge on any atom is -0.493 e. The van der Waals surface area contributed by atoms with Gasteiger partial charge >= 0.3 is 11.9 Å². The van der Waals surface area contributed by atoms with Gasteiger partial charge in [-0.05, 0) is 53.9 Å². The van der Waals surface area contributed by atoms with Crippen LogP contribution in [0.25, 0.3) is 0 Å². The molecule has 6 nitrogen and oxygen atoms in total. The lowest BCUT2D eigenvalue weighted by atomic mass is 10.0. The lowest BCUT2D eigenvalue weighted by Crippen LogP contribution is -2.12. The Morgan fingerprint density at radius 1 is 0.788 bits per heavy atom. The highest BCUT2D eigenvalue weighted by Crippen LogP contribution is 2.17. The highest BCUT2D eigenvalue weighted by molar-refractivity contribution is 5.89. The van der Waals surface area contributed by atoms with Crippen LogP contribution >= 0.6 is 0 Å². The molecule has 6 heteroatoms. The summed E-state index contributed by atoms with van der Waals surface area (Å²) < 4.78 is 16.7. The van der Waals surface area contributed by atoms with Crippen LogP contribution in [-0.4, -0.2) is 30.3 Å². The van der Waals surface area contributed by atoms with Gasteiger partial charge in [0.15, 0.2) is 0 Å². The molecule has 0 saturated heterocycles. The van der Waals surface area contributed by atoms with Crippen LogP contribution in [0.15, 0.2) is 78.9 Å². The van der Waals surface area contributed by atoms with Crippen molar-refractivity contribution >= 4 is 11.9 Å². The first-order valence-corrected chi connectivity index (χ1v) is 10.9. The van der Waals surface area contributed by atoms with Gasteiger partial charge in [-0.3, -0.25) is 4.79 Å². The summed E-state index contributed by atoms with van der Waals surface area (Å²) >= 11 is 0. The molecule has 0 fully saturated rings. The number of ether oxygens (including phenoxy) is 3. The molecule has 0 aliphatic carbocycles. The smallest absolute Gasteiger partial charge is 0.338 e. The molecule has 33 heavy (non-hydrogen) atoms. The quantitative estimate of drug-likeness (QED) is 0.305. The molecule has 0 aromatic heterocycles. The first-order valence-electron chi connectivity index (χ1n) is 10.9. The Morgan fingerprint density at radius 2 is 1.36 bits per heavy atom. The maximum atomic E-state index is 12.2. The molecule has 0 aliphatic heterocycles. The third kappa shape index (κ3) is 8.00. The highest BCUT2D eigenvalue weighted by atomic mass is 16.5. The van der Waals surface area contributed by atoms with Gasteiger partial charge in [0.25, 0.3) is 0 Å². The van der Waals surface area contributed by atoms with E-state index < -0.39 is 11.9 Å². The molecule has 0 amide bonds. The lowest BCUT2D eigenvalue weighted by molar-refractivity contribution is -0.141. The summed E-state index contributed by atoms with van der Waals surface area (Å²) in [6.45, 7) is 2.90. The first kappa shape index (κ1) is 23.9. The van der Waals surface area contributed by atoms with E-state index >= 15 is 0 Å². The van der Waals surface area contributed by atoms with Crippen LogP contribution in [0, 0.1) is 5.92 Å². The van der Waals surface area contributed by atoms with Crippen LogP contribution < -0.4 is 9.47 Å². The molecule has 1 atom stereocenters. The number of benzene rings is 3. The number of carboxylic acids is 1. The fourth-order valence-corrected chi connectivity index (χ4v) is 3.10. The molecule has 0 bridgehead atoms. The van der Waals surface area contributed by atoms with Crippen molar-refractivity contribution in [2.24, 2.45) is 5.92 Å². The summed E-state index contributed by atoms with van der Waals surface area (Å²) in [7, 11) is 0. The fraction of sp³-hybridized carbons (Fsp3) is 0.259. The van der Waals surface area contributed by atoms with Gasteiger partial charge in [0.2, 0.25) is 0 Å². The summed E-state index contributed by atoms with van der Waals surface area (Å²) in [5.41, 5.74) is 2.38. The van der Waals surface area contributed by atoms with E-state index in [1.54, 1.807) is 31.2 Å². The third-order valence-corrected chi connectivity index (χ3v) is 5.02. The van der Waals surface area contributed by atoms with Crippen molar-refractivity contribution in [1.82, 2.24) is 0 Å². The van der Waals surface area contributed by atoms with E-state index in [0.717, 1.165) is 16.9 Å². The molecule has 172 valence electrons. The number of carbonyl (C=O) groups excluding carboxylic acids is 1. The molecular formula is C27H28O6. The fourth-order valence-electron chi connectivity index (χ4n) is 3.10. The number of hydrogen-bond acceptors (Lipinski definition) is 5. The lowest BCUT2D eigenvalue weighted by Gasteiger charge is -2.10. The number of carbonyl (C=O) groups is 2. The number of hydrogen-bond donors (Lipinski definition) is 1. The zero-order chi connectivity index (χ0) is 23.5. The predicted molar refractivity (Wildman–Crippen MR) is 125 cm³/mol. The normalized spacial score (nSPS) is 11.4. The van der Waals surface area contributed by atoms with E-state index in [2.05, 4.69) is 0 Å². The van der Waals surface area contributed by atoms with Crippen LogP contribution in [0.1, 0.15) is 34.8 Å². The minimum absolute atomic E-state index is 0.238. The van der Waals surface area contributed by atoms with Crippen LogP contribution in [0.5, 0.6) is 11.5 Å². The molecule has 0 radical (unpaired) electrons. The molecular weight excluding hydrogens is 420 g/mol. The number of carboxylic acid groups (broad SMARTS) is 1. The van der Waals surface area contributed by atoms with Crippen molar-refractivity contribution in [2.45, 2.75) is 26.4 Å². The van der Waals surface area contributed by atoms with Crippen molar-refractivity contribution in [1.29, 1.82) is 0 Å². The Labute approximate surface area is 193 Å². The van der Waals surface area contributed by atoms with E-state index in [0.29, 0.717) is 37.4 Å². The van der Waals surface area contributed by atoms with Gasteiger partial charge in [0.1, 0.15) is 18.1 Å². The van der Waals surface area contributed by atoms with Gasteiger partial charge in [-0.15, -0.1) is 0 Å². The third-order valence-electron chi connectivity index (χ3n) is 5.02. The molecule has 0 aliphatic rings. The SMILES string of the molecule is CC(Cc1ccc(OCCCOc2ccc(C(=O)OCc3ccccc3)cc2)cc1)C(=O)O. The highest BCUT2D eigenvalue weighted by Gasteiger charge is 2.11. The molecule has 0 heterocycles. The van der Waals surface area contributed by atoms with E-state index in [4.69, 9.17) is 19.3 Å². The Morgan fingerprint density at radius 3 is 1.94 bits per heavy atom. The van der Waals surface area contributed by atoms with Gasteiger partial charge in [0, 0.05) is 6.42 Å². The maximum absolute atomic E-state index is 12.2. The first-order chi connectivity index (χ1) is 16.0. The van der Waals surface area contributed by atoms with Gasteiger partial charge in [-0.25, -0.2) is 4.79 Å². The molecule has 1 unspecified atom stereocenters. The molecule has 3 aromatic rings. The molecule has 3 rings (SSSR count). The van der Waals surface area contributed by atoms with Gasteiger partial charge in [0.05, 0.1) is 24.7 Å². The van der Waals surface area contributed by atoms with Gasteiger partial charge < -0.3 is 19.3 Å². The largest absolute Gasteiger partial charge is 0.493 e. The summed E-state index contributed by atoms with van der Waals surface area (Å²) in [4.78, 5) is 23.1. The number of rotatable bonds is 12. The Hall–Kier alpha value is -3.80. The zero-order valence-corrected chi connectivity index (χ0v) is 18.6. The number of esters is 1. The van der Waals surface area contributed by atoms with Crippen molar-refractivity contribution in [3.8, 4) is 11.5 Å². The van der Waals surface area contributed by atoms with Crippen molar-refractivity contribution < 1.29 is 28.9 Å². The number of aliphatic carboxylic acids is 1. The second kappa shape index (κ2) is 12.3. The molecule has 0 spiro atoms. The van der Waals surface area contributed by atoms with E-state index in [1.807, 2.05) is 54.6 Å². The summed E-state index contributed by atoms with van der Waals surface area (Å²) in [6.07, 6.45) is 1.19. The van der Waals surface area contributed by atoms with Crippen molar-refractivity contribution in [2.75, 3.05) is 13.2 Å². The molecule has 0 saturated carbocycles. The van der Waals surface area contributed by atoms with E-state index in [9.17, 15) is 9.59 Å². The second-order valence-corrected chi connectivity index (χ2v) is 7.72. The van der Waals surface area contributed by atoms with E-state index in [-0.39, 0.29) is 12.6 Å². The second-order valence-electron chi connectivity index (χ2n) is 7.72. The average Bonchev–Trinajstić information content (AvgIpc) is 2.84. The zero-order valence-electron chi connectivity index (χ0n) is 18.6. The van der Waals surface area contributed by atoms with Crippen LogP contribution in [-0.2, 0) is 22.6 Å².